The zero-order chi connectivity index (χ0) is 13.9. The summed E-state index contributed by atoms with van der Waals surface area (Å²) in [7, 11) is 0. The number of likely N-dealkylation sites (tertiary alicyclic amines) is 1. The Kier molecular flexibility index (Phi) is 3.78. The van der Waals surface area contributed by atoms with Crippen LogP contribution in [0, 0.1) is 13.8 Å². The van der Waals surface area contributed by atoms with Crippen molar-refractivity contribution >= 4 is 0 Å². The number of aromatic amines is 1. The maximum absolute atomic E-state index is 4.53. The molecule has 0 aromatic carbocycles. The van der Waals surface area contributed by atoms with E-state index in [-0.39, 0.29) is 0 Å². The molecule has 3 heterocycles. The fourth-order valence-electron chi connectivity index (χ4n) is 3.00. The summed E-state index contributed by atoms with van der Waals surface area (Å²) in [5.74, 6) is 0.841. The largest absolute Gasteiger partial charge is 0.289 e. The van der Waals surface area contributed by atoms with Gasteiger partial charge in [0.1, 0.15) is 5.82 Å². The Bertz CT molecular complexity index is 577. The van der Waals surface area contributed by atoms with Crippen LogP contribution in [-0.4, -0.2) is 31.6 Å². The molecular formula is C15H21N5. The maximum Gasteiger partial charge on any atom is 0.125 e. The molecule has 0 saturated carbocycles. The molecule has 1 N–H and O–H groups in total. The molecule has 0 amide bonds. The highest BCUT2D eigenvalue weighted by atomic mass is 15.2. The van der Waals surface area contributed by atoms with Gasteiger partial charge in [0.15, 0.2) is 0 Å². The first-order valence-corrected chi connectivity index (χ1v) is 7.26. The van der Waals surface area contributed by atoms with Gasteiger partial charge in [0.05, 0.1) is 23.6 Å². The Morgan fingerprint density at radius 2 is 2.25 bits per heavy atom. The topological polar surface area (TPSA) is 57.7 Å². The van der Waals surface area contributed by atoms with E-state index in [2.05, 4.69) is 32.0 Å². The first-order chi connectivity index (χ1) is 9.74. The molecule has 0 unspecified atom stereocenters. The van der Waals surface area contributed by atoms with Crippen LogP contribution in [0.3, 0.4) is 0 Å². The molecule has 0 bridgehead atoms. The van der Waals surface area contributed by atoms with Crippen LogP contribution < -0.4 is 0 Å². The average Bonchev–Trinajstić information content (AvgIpc) is 2.86. The minimum absolute atomic E-state index is 0.432. The molecule has 5 heteroatoms. The lowest BCUT2D eigenvalue weighted by Crippen LogP contribution is -2.33. The Morgan fingerprint density at radius 3 is 3.00 bits per heavy atom. The van der Waals surface area contributed by atoms with Crippen molar-refractivity contribution in [1.82, 2.24) is 25.1 Å². The Hall–Kier alpha value is -1.75. The minimum atomic E-state index is 0.432. The lowest BCUT2D eigenvalue weighted by molar-refractivity contribution is 0.135. The van der Waals surface area contributed by atoms with Gasteiger partial charge in [-0.2, -0.15) is 5.10 Å². The van der Waals surface area contributed by atoms with Crippen LogP contribution in [0.15, 0.2) is 18.5 Å². The van der Waals surface area contributed by atoms with E-state index in [1.54, 1.807) is 0 Å². The lowest BCUT2D eigenvalue weighted by atomic mass is 9.97. The third-order valence-electron chi connectivity index (χ3n) is 4.01. The summed E-state index contributed by atoms with van der Waals surface area (Å²) in [6, 6.07) is 2.44. The molecule has 1 fully saturated rings. The predicted octanol–water partition coefficient (Wildman–Crippen LogP) is 2.54. The van der Waals surface area contributed by atoms with Crippen LogP contribution in [0.4, 0.5) is 0 Å². The number of H-pyrrole nitrogens is 1. The molecule has 106 valence electrons. The maximum atomic E-state index is 4.53. The number of hydrogen-bond acceptors (Lipinski definition) is 4. The summed E-state index contributed by atoms with van der Waals surface area (Å²) in [6.45, 7) is 6.06. The molecule has 1 atom stereocenters. The highest BCUT2D eigenvalue weighted by Crippen LogP contribution is 2.32. The van der Waals surface area contributed by atoms with Crippen LogP contribution in [-0.2, 0) is 6.54 Å². The molecular weight excluding hydrogens is 250 g/mol. The first kappa shape index (κ1) is 13.2. The number of hydrogen-bond donors (Lipinski definition) is 1. The van der Waals surface area contributed by atoms with Gasteiger partial charge < -0.3 is 0 Å². The number of aromatic nitrogens is 4. The number of piperidine rings is 1. The van der Waals surface area contributed by atoms with Crippen molar-refractivity contribution in [1.29, 1.82) is 0 Å². The van der Waals surface area contributed by atoms with Crippen molar-refractivity contribution in [2.24, 2.45) is 0 Å². The van der Waals surface area contributed by atoms with Gasteiger partial charge in [0.25, 0.3) is 0 Å². The van der Waals surface area contributed by atoms with Crippen molar-refractivity contribution < 1.29 is 0 Å². The molecule has 2 aromatic rings. The van der Waals surface area contributed by atoms with Crippen molar-refractivity contribution in [2.45, 2.75) is 45.7 Å². The Balaban J connectivity index is 1.81. The normalized spacial score (nSPS) is 20.2. The van der Waals surface area contributed by atoms with Crippen LogP contribution in [0.1, 0.15) is 48.1 Å². The van der Waals surface area contributed by atoms with Crippen LogP contribution >= 0.6 is 0 Å². The molecule has 0 radical (unpaired) electrons. The van der Waals surface area contributed by atoms with Gasteiger partial charge in [-0.15, -0.1) is 0 Å². The van der Waals surface area contributed by atoms with E-state index in [4.69, 9.17) is 0 Å². The standard InChI is InChI=1S/C15H21N5/c1-11-9-17-19-15(11)14-5-3-4-8-20(14)10-13-6-7-16-12(2)18-13/h6-7,9,14H,3-5,8,10H2,1-2H3,(H,17,19)/t14-/m0/s1. The van der Waals surface area contributed by atoms with Gasteiger partial charge in [0.2, 0.25) is 0 Å². The van der Waals surface area contributed by atoms with Gasteiger partial charge >= 0.3 is 0 Å². The van der Waals surface area contributed by atoms with Gasteiger partial charge in [-0.3, -0.25) is 10.00 Å². The number of rotatable bonds is 3. The fraction of sp³-hybridized carbons (Fsp3) is 0.533. The summed E-state index contributed by atoms with van der Waals surface area (Å²) in [6.07, 6.45) is 7.48. The molecule has 1 aliphatic heterocycles. The number of nitrogens with zero attached hydrogens (tertiary/aromatic N) is 4. The molecule has 1 saturated heterocycles. The van der Waals surface area contributed by atoms with E-state index >= 15 is 0 Å². The Labute approximate surface area is 119 Å². The van der Waals surface area contributed by atoms with Gasteiger partial charge in [-0.05, 0) is 44.9 Å². The molecule has 0 aliphatic carbocycles. The van der Waals surface area contributed by atoms with Crippen LogP contribution in [0.5, 0.6) is 0 Å². The third-order valence-corrected chi connectivity index (χ3v) is 4.01. The van der Waals surface area contributed by atoms with Crippen molar-refractivity contribution in [3.8, 4) is 0 Å². The SMILES string of the molecule is Cc1nccc(CN2CCCC[C@H]2c2[nH]ncc2C)n1. The van der Waals surface area contributed by atoms with E-state index in [1.807, 2.05) is 25.4 Å². The second-order valence-electron chi connectivity index (χ2n) is 5.54. The van der Waals surface area contributed by atoms with Crippen LogP contribution in [0.25, 0.3) is 0 Å². The second-order valence-corrected chi connectivity index (χ2v) is 5.54. The van der Waals surface area contributed by atoms with E-state index in [9.17, 15) is 0 Å². The lowest BCUT2D eigenvalue weighted by Gasteiger charge is -2.35. The molecule has 20 heavy (non-hydrogen) atoms. The molecule has 0 spiro atoms. The zero-order valence-electron chi connectivity index (χ0n) is 12.1. The zero-order valence-corrected chi connectivity index (χ0v) is 12.1. The molecule has 5 nitrogen and oxygen atoms in total. The molecule has 2 aromatic heterocycles. The Morgan fingerprint density at radius 1 is 1.35 bits per heavy atom. The molecule has 1 aliphatic rings. The first-order valence-electron chi connectivity index (χ1n) is 7.26. The van der Waals surface area contributed by atoms with E-state index in [1.165, 1.54) is 30.5 Å². The van der Waals surface area contributed by atoms with E-state index in [0.29, 0.717) is 6.04 Å². The number of aryl methyl sites for hydroxylation is 2. The summed E-state index contributed by atoms with van der Waals surface area (Å²) in [4.78, 5) is 11.2. The van der Waals surface area contributed by atoms with Crippen molar-refractivity contribution in [2.75, 3.05) is 6.54 Å². The van der Waals surface area contributed by atoms with Crippen LogP contribution in [0.2, 0.25) is 0 Å². The number of nitrogens with one attached hydrogen (secondary N) is 1. The second kappa shape index (κ2) is 5.71. The highest BCUT2D eigenvalue weighted by Gasteiger charge is 2.26. The summed E-state index contributed by atoms with van der Waals surface area (Å²) < 4.78 is 0. The van der Waals surface area contributed by atoms with Crippen molar-refractivity contribution in [3.63, 3.8) is 0 Å². The third kappa shape index (κ3) is 2.72. The van der Waals surface area contributed by atoms with Gasteiger partial charge in [-0.25, -0.2) is 9.97 Å². The summed E-state index contributed by atoms with van der Waals surface area (Å²) in [5, 5.41) is 7.35. The van der Waals surface area contributed by atoms with E-state index in [0.717, 1.165) is 24.6 Å². The average molecular weight is 271 g/mol. The highest BCUT2D eigenvalue weighted by molar-refractivity contribution is 5.19. The summed E-state index contributed by atoms with van der Waals surface area (Å²) in [5.41, 5.74) is 3.61. The smallest absolute Gasteiger partial charge is 0.125 e. The summed E-state index contributed by atoms with van der Waals surface area (Å²) >= 11 is 0. The molecule has 3 rings (SSSR count). The van der Waals surface area contributed by atoms with Crippen molar-refractivity contribution in [3.05, 3.63) is 41.2 Å². The van der Waals surface area contributed by atoms with E-state index < -0.39 is 0 Å². The predicted molar refractivity (Wildman–Crippen MR) is 77.1 cm³/mol. The quantitative estimate of drug-likeness (QED) is 0.932. The fourth-order valence-corrected chi connectivity index (χ4v) is 3.00. The monoisotopic (exact) mass is 271 g/mol. The van der Waals surface area contributed by atoms with Gasteiger partial charge in [-0.1, -0.05) is 6.42 Å². The minimum Gasteiger partial charge on any atom is -0.289 e. The van der Waals surface area contributed by atoms with Gasteiger partial charge in [0, 0.05) is 12.7 Å².